The highest BCUT2D eigenvalue weighted by Gasteiger charge is 2.49. The van der Waals surface area contributed by atoms with Gasteiger partial charge in [0.2, 0.25) is 0 Å². The molecule has 1 N–H and O–H groups in total. The Bertz CT molecular complexity index is 523. The summed E-state index contributed by atoms with van der Waals surface area (Å²) in [6.45, 7) is 2.92. The molecule has 3 rings (SSSR count). The Morgan fingerprint density at radius 2 is 2.16 bits per heavy atom. The summed E-state index contributed by atoms with van der Waals surface area (Å²) < 4.78 is 0. The fourth-order valence-corrected chi connectivity index (χ4v) is 3.56. The van der Waals surface area contributed by atoms with E-state index in [-0.39, 0.29) is 5.54 Å². The number of carboxylic acids is 1. The number of carbonyl (C=O) groups is 1. The zero-order chi connectivity index (χ0) is 13.5. The second-order valence-electron chi connectivity index (χ2n) is 5.74. The highest BCUT2D eigenvalue weighted by molar-refractivity contribution is 5.89. The third kappa shape index (κ3) is 1.98. The SMILES string of the molecule is CC12CCC(CC=C1C(=O)O)N2Cc1ccccc1. The molecule has 2 heterocycles. The van der Waals surface area contributed by atoms with Crippen LogP contribution in [0.5, 0.6) is 0 Å². The summed E-state index contributed by atoms with van der Waals surface area (Å²) in [5.41, 5.74) is 1.54. The maximum absolute atomic E-state index is 11.5. The van der Waals surface area contributed by atoms with E-state index in [0.29, 0.717) is 11.6 Å². The van der Waals surface area contributed by atoms with Crippen molar-refractivity contribution in [2.75, 3.05) is 0 Å². The topological polar surface area (TPSA) is 40.5 Å². The summed E-state index contributed by atoms with van der Waals surface area (Å²) in [6, 6.07) is 10.8. The van der Waals surface area contributed by atoms with Gasteiger partial charge in [0, 0.05) is 12.6 Å². The molecule has 1 saturated heterocycles. The van der Waals surface area contributed by atoms with Gasteiger partial charge in [0.25, 0.3) is 0 Å². The van der Waals surface area contributed by atoms with E-state index in [2.05, 4.69) is 24.0 Å². The molecule has 2 aliphatic heterocycles. The van der Waals surface area contributed by atoms with Crippen LogP contribution in [0.2, 0.25) is 0 Å². The first-order chi connectivity index (χ1) is 9.11. The molecule has 19 heavy (non-hydrogen) atoms. The molecular formula is C16H19NO2. The van der Waals surface area contributed by atoms with Crippen LogP contribution >= 0.6 is 0 Å². The van der Waals surface area contributed by atoms with Crippen molar-refractivity contribution in [3.05, 3.63) is 47.5 Å². The van der Waals surface area contributed by atoms with Crippen LogP contribution in [0.3, 0.4) is 0 Å². The molecule has 0 spiro atoms. The van der Waals surface area contributed by atoms with E-state index in [4.69, 9.17) is 0 Å². The van der Waals surface area contributed by atoms with E-state index in [1.165, 1.54) is 5.56 Å². The maximum Gasteiger partial charge on any atom is 0.333 e. The Morgan fingerprint density at radius 1 is 1.42 bits per heavy atom. The number of benzene rings is 1. The third-order valence-corrected chi connectivity index (χ3v) is 4.64. The van der Waals surface area contributed by atoms with Crippen molar-refractivity contribution in [3.63, 3.8) is 0 Å². The van der Waals surface area contributed by atoms with Gasteiger partial charge in [0.05, 0.1) is 11.1 Å². The molecule has 1 aromatic rings. The van der Waals surface area contributed by atoms with Crippen molar-refractivity contribution in [2.24, 2.45) is 0 Å². The van der Waals surface area contributed by atoms with E-state index in [9.17, 15) is 9.90 Å². The summed E-state index contributed by atoms with van der Waals surface area (Å²) in [4.78, 5) is 13.8. The highest BCUT2D eigenvalue weighted by atomic mass is 16.4. The lowest BCUT2D eigenvalue weighted by Crippen LogP contribution is -2.49. The van der Waals surface area contributed by atoms with Crippen LogP contribution in [-0.4, -0.2) is 27.6 Å². The van der Waals surface area contributed by atoms with Crippen molar-refractivity contribution in [3.8, 4) is 0 Å². The molecule has 1 aromatic carbocycles. The van der Waals surface area contributed by atoms with Crippen LogP contribution < -0.4 is 0 Å². The summed E-state index contributed by atoms with van der Waals surface area (Å²) >= 11 is 0. The smallest absolute Gasteiger partial charge is 0.333 e. The van der Waals surface area contributed by atoms with Gasteiger partial charge in [-0.3, -0.25) is 4.90 Å². The van der Waals surface area contributed by atoms with Gasteiger partial charge in [-0.1, -0.05) is 36.4 Å². The Balaban J connectivity index is 1.91. The summed E-state index contributed by atoms with van der Waals surface area (Å²) in [6.07, 6.45) is 4.84. The van der Waals surface area contributed by atoms with Crippen molar-refractivity contribution < 1.29 is 9.90 Å². The molecule has 3 nitrogen and oxygen atoms in total. The normalized spacial score (nSPS) is 30.2. The van der Waals surface area contributed by atoms with Crippen molar-refractivity contribution >= 4 is 5.97 Å². The van der Waals surface area contributed by atoms with Crippen LogP contribution in [0.1, 0.15) is 31.7 Å². The summed E-state index contributed by atoms with van der Waals surface area (Å²) in [7, 11) is 0. The van der Waals surface area contributed by atoms with E-state index in [1.54, 1.807) is 0 Å². The Kier molecular flexibility index (Phi) is 2.94. The molecule has 2 atom stereocenters. The largest absolute Gasteiger partial charge is 0.478 e. The molecule has 2 unspecified atom stereocenters. The van der Waals surface area contributed by atoms with Crippen LogP contribution in [0.4, 0.5) is 0 Å². The minimum absolute atomic E-state index is 0.301. The zero-order valence-corrected chi connectivity index (χ0v) is 11.2. The van der Waals surface area contributed by atoms with E-state index >= 15 is 0 Å². The second kappa shape index (κ2) is 4.49. The van der Waals surface area contributed by atoms with Gasteiger partial charge in [-0.2, -0.15) is 0 Å². The maximum atomic E-state index is 11.5. The number of rotatable bonds is 3. The zero-order valence-electron chi connectivity index (χ0n) is 11.2. The minimum Gasteiger partial charge on any atom is -0.478 e. The van der Waals surface area contributed by atoms with Crippen molar-refractivity contribution in [2.45, 2.75) is 44.3 Å². The summed E-state index contributed by atoms with van der Waals surface area (Å²) in [5, 5.41) is 9.41. The fraction of sp³-hybridized carbons (Fsp3) is 0.438. The van der Waals surface area contributed by atoms with Gasteiger partial charge in [-0.25, -0.2) is 4.79 Å². The molecule has 0 aromatic heterocycles. The number of carboxylic acid groups (broad SMARTS) is 1. The van der Waals surface area contributed by atoms with Crippen LogP contribution in [0.15, 0.2) is 42.0 Å². The Hall–Kier alpha value is -1.61. The number of nitrogens with zero attached hydrogens (tertiary/aromatic N) is 1. The highest BCUT2D eigenvalue weighted by Crippen LogP contribution is 2.45. The average Bonchev–Trinajstić information content (AvgIpc) is 2.59. The fourth-order valence-electron chi connectivity index (χ4n) is 3.56. The van der Waals surface area contributed by atoms with Crippen molar-refractivity contribution in [1.82, 2.24) is 4.90 Å². The number of hydrogen-bond donors (Lipinski definition) is 1. The van der Waals surface area contributed by atoms with Crippen molar-refractivity contribution in [1.29, 1.82) is 0 Å². The monoisotopic (exact) mass is 257 g/mol. The van der Waals surface area contributed by atoms with Gasteiger partial charge < -0.3 is 5.11 Å². The van der Waals surface area contributed by atoms with E-state index < -0.39 is 5.97 Å². The first-order valence-electron chi connectivity index (χ1n) is 6.86. The van der Waals surface area contributed by atoms with Gasteiger partial charge in [-0.05, 0) is 31.7 Å². The van der Waals surface area contributed by atoms with Gasteiger partial charge in [0.1, 0.15) is 0 Å². The second-order valence-corrected chi connectivity index (χ2v) is 5.74. The molecule has 2 bridgehead atoms. The number of fused-ring (bicyclic) bond motifs is 2. The Labute approximate surface area is 113 Å². The first kappa shape index (κ1) is 12.4. The summed E-state index contributed by atoms with van der Waals surface area (Å²) in [5.74, 6) is -0.763. The molecule has 0 radical (unpaired) electrons. The predicted molar refractivity (Wildman–Crippen MR) is 73.7 cm³/mol. The number of hydrogen-bond acceptors (Lipinski definition) is 2. The third-order valence-electron chi connectivity index (χ3n) is 4.64. The quantitative estimate of drug-likeness (QED) is 0.905. The minimum atomic E-state index is -0.763. The lowest BCUT2D eigenvalue weighted by atomic mass is 9.86. The van der Waals surface area contributed by atoms with Crippen LogP contribution in [-0.2, 0) is 11.3 Å². The van der Waals surface area contributed by atoms with E-state index in [0.717, 1.165) is 25.8 Å². The standard InChI is InChI=1S/C16H19NO2/c1-16-10-9-13(7-8-14(16)15(18)19)17(16)11-12-5-3-2-4-6-12/h2-6,8,13H,7,9-11H2,1H3,(H,18,19). The molecule has 0 amide bonds. The Morgan fingerprint density at radius 3 is 2.84 bits per heavy atom. The lowest BCUT2D eigenvalue weighted by molar-refractivity contribution is -0.134. The molecular weight excluding hydrogens is 238 g/mol. The number of aliphatic carboxylic acids is 1. The molecule has 0 aliphatic carbocycles. The van der Waals surface area contributed by atoms with E-state index in [1.807, 2.05) is 24.3 Å². The lowest BCUT2D eigenvalue weighted by Gasteiger charge is -2.42. The van der Waals surface area contributed by atoms with Crippen LogP contribution in [0, 0.1) is 0 Å². The average molecular weight is 257 g/mol. The molecule has 3 heteroatoms. The first-order valence-corrected chi connectivity index (χ1v) is 6.86. The van der Waals surface area contributed by atoms with Gasteiger partial charge >= 0.3 is 5.97 Å². The molecule has 2 aliphatic rings. The van der Waals surface area contributed by atoms with Crippen LogP contribution in [0.25, 0.3) is 0 Å². The molecule has 0 saturated carbocycles. The van der Waals surface area contributed by atoms with Gasteiger partial charge in [0.15, 0.2) is 0 Å². The molecule has 100 valence electrons. The molecule has 1 fully saturated rings. The predicted octanol–water partition coefficient (Wildman–Crippen LogP) is 2.82. The van der Waals surface area contributed by atoms with Gasteiger partial charge in [-0.15, -0.1) is 0 Å².